The Morgan fingerprint density at radius 2 is 1.96 bits per heavy atom. The van der Waals surface area contributed by atoms with Gasteiger partial charge in [0.15, 0.2) is 0 Å². The fourth-order valence-corrected chi connectivity index (χ4v) is 3.49. The van der Waals surface area contributed by atoms with Crippen LogP contribution in [0.25, 0.3) is 0 Å². The zero-order valence-electron chi connectivity index (χ0n) is 14.3. The summed E-state index contributed by atoms with van der Waals surface area (Å²) in [6.07, 6.45) is -1.78. The molecule has 2 atom stereocenters. The Balaban J connectivity index is 1.50. The Bertz CT molecular complexity index is 672. The predicted molar refractivity (Wildman–Crippen MR) is 89.5 cm³/mol. The number of benzene rings is 1. The molecule has 1 aromatic rings. The monoisotopic (exact) mass is 369 g/mol. The highest BCUT2D eigenvalue weighted by Gasteiger charge is 2.33. The fourth-order valence-electron chi connectivity index (χ4n) is 3.49. The SMILES string of the molecule is O=C(NCC1CNC(C(=O)N2CCCC2)C1)c1cccc(C(F)(F)F)c1. The first kappa shape index (κ1) is 18.7. The number of alkyl halides is 3. The van der Waals surface area contributed by atoms with Crippen molar-refractivity contribution < 1.29 is 22.8 Å². The highest BCUT2D eigenvalue weighted by Crippen LogP contribution is 2.29. The molecule has 5 nitrogen and oxygen atoms in total. The molecule has 2 amide bonds. The molecule has 0 bridgehead atoms. The first-order valence-electron chi connectivity index (χ1n) is 8.82. The molecule has 142 valence electrons. The average molecular weight is 369 g/mol. The molecule has 2 aliphatic rings. The van der Waals surface area contributed by atoms with Crippen LogP contribution < -0.4 is 10.6 Å². The molecule has 2 heterocycles. The van der Waals surface area contributed by atoms with Gasteiger partial charge in [0.2, 0.25) is 5.91 Å². The van der Waals surface area contributed by atoms with E-state index in [0.717, 1.165) is 38.1 Å². The molecular weight excluding hydrogens is 347 g/mol. The van der Waals surface area contributed by atoms with Crippen LogP contribution >= 0.6 is 0 Å². The van der Waals surface area contributed by atoms with E-state index in [2.05, 4.69) is 10.6 Å². The normalized spacial score (nSPS) is 23.3. The summed E-state index contributed by atoms with van der Waals surface area (Å²) in [7, 11) is 0. The van der Waals surface area contributed by atoms with Crippen molar-refractivity contribution in [3.05, 3.63) is 35.4 Å². The number of hydrogen-bond acceptors (Lipinski definition) is 3. The van der Waals surface area contributed by atoms with Crippen molar-refractivity contribution in [3.63, 3.8) is 0 Å². The molecule has 3 rings (SSSR count). The molecule has 0 spiro atoms. The van der Waals surface area contributed by atoms with Crippen LogP contribution in [0, 0.1) is 5.92 Å². The number of amides is 2. The first-order chi connectivity index (χ1) is 12.3. The second kappa shape index (κ2) is 7.65. The molecule has 8 heteroatoms. The van der Waals surface area contributed by atoms with Gasteiger partial charge in [-0.25, -0.2) is 0 Å². The third-order valence-electron chi connectivity index (χ3n) is 4.94. The fraction of sp³-hybridized carbons (Fsp3) is 0.556. The van der Waals surface area contributed by atoms with Crippen LogP contribution in [0.3, 0.4) is 0 Å². The van der Waals surface area contributed by atoms with Gasteiger partial charge in [0.25, 0.3) is 5.91 Å². The highest BCUT2D eigenvalue weighted by molar-refractivity contribution is 5.94. The lowest BCUT2D eigenvalue weighted by Gasteiger charge is -2.20. The summed E-state index contributed by atoms with van der Waals surface area (Å²) in [6.45, 7) is 2.53. The van der Waals surface area contributed by atoms with Gasteiger partial charge in [0, 0.05) is 31.7 Å². The molecule has 0 radical (unpaired) electrons. The molecule has 2 fully saturated rings. The number of rotatable bonds is 4. The van der Waals surface area contributed by atoms with Crippen LogP contribution in [-0.2, 0) is 11.0 Å². The Hall–Kier alpha value is -2.09. The number of hydrogen-bond donors (Lipinski definition) is 2. The molecule has 2 N–H and O–H groups in total. The maximum atomic E-state index is 12.7. The summed E-state index contributed by atoms with van der Waals surface area (Å²) < 4.78 is 38.2. The quantitative estimate of drug-likeness (QED) is 0.854. The first-order valence-corrected chi connectivity index (χ1v) is 8.82. The number of nitrogens with zero attached hydrogens (tertiary/aromatic N) is 1. The Morgan fingerprint density at radius 1 is 1.23 bits per heavy atom. The minimum Gasteiger partial charge on any atom is -0.352 e. The van der Waals surface area contributed by atoms with Crippen molar-refractivity contribution in [2.45, 2.75) is 31.5 Å². The van der Waals surface area contributed by atoms with Crippen molar-refractivity contribution in [1.29, 1.82) is 0 Å². The predicted octanol–water partition coefficient (Wildman–Crippen LogP) is 2.04. The number of carbonyl (C=O) groups is 2. The minimum atomic E-state index is -4.48. The maximum absolute atomic E-state index is 12.7. The summed E-state index contributed by atoms with van der Waals surface area (Å²) in [5.74, 6) is -0.346. The zero-order chi connectivity index (χ0) is 18.7. The largest absolute Gasteiger partial charge is 0.416 e. The summed E-state index contributed by atoms with van der Waals surface area (Å²) in [5.41, 5.74) is -0.862. The van der Waals surface area contributed by atoms with Crippen molar-refractivity contribution in [1.82, 2.24) is 15.5 Å². The van der Waals surface area contributed by atoms with E-state index in [9.17, 15) is 22.8 Å². The molecule has 2 unspecified atom stereocenters. The number of carbonyl (C=O) groups excluding carboxylic acids is 2. The van der Waals surface area contributed by atoms with Crippen LogP contribution in [0.4, 0.5) is 13.2 Å². The van der Waals surface area contributed by atoms with Crippen molar-refractivity contribution >= 4 is 11.8 Å². The van der Waals surface area contributed by atoms with Crippen molar-refractivity contribution in [3.8, 4) is 0 Å². The summed E-state index contributed by atoms with van der Waals surface area (Å²) >= 11 is 0. The molecule has 1 aromatic carbocycles. The highest BCUT2D eigenvalue weighted by atomic mass is 19.4. The van der Waals surface area contributed by atoms with E-state index in [1.54, 1.807) is 0 Å². The van der Waals surface area contributed by atoms with E-state index < -0.39 is 17.6 Å². The number of nitrogens with one attached hydrogen (secondary N) is 2. The van der Waals surface area contributed by atoms with Crippen LogP contribution in [0.2, 0.25) is 0 Å². The molecule has 0 aliphatic carbocycles. The van der Waals surface area contributed by atoms with Gasteiger partial charge < -0.3 is 15.5 Å². The Morgan fingerprint density at radius 3 is 2.65 bits per heavy atom. The Labute approximate surface area is 149 Å². The molecule has 2 aliphatic heterocycles. The summed E-state index contributed by atoms with van der Waals surface area (Å²) in [5, 5.41) is 5.86. The van der Waals surface area contributed by atoms with Crippen molar-refractivity contribution in [2.24, 2.45) is 5.92 Å². The smallest absolute Gasteiger partial charge is 0.352 e. The third kappa shape index (κ3) is 4.35. The lowest BCUT2D eigenvalue weighted by molar-refractivity contribution is -0.137. The number of likely N-dealkylation sites (tertiary alicyclic amines) is 1. The molecule has 0 saturated carbocycles. The van der Waals surface area contributed by atoms with Gasteiger partial charge in [0.1, 0.15) is 0 Å². The van der Waals surface area contributed by atoms with Gasteiger partial charge in [-0.3, -0.25) is 9.59 Å². The van der Waals surface area contributed by atoms with Gasteiger partial charge in [-0.2, -0.15) is 13.2 Å². The van der Waals surface area contributed by atoms with E-state index >= 15 is 0 Å². The number of halogens is 3. The van der Waals surface area contributed by atoms with Crippen LogP contribution in [0.15, 0.2) is 24.3 Å². The van der Waals surface area contributed by atoms with Gasteiger partial charge in [-0.05, 0) is 43.4 Å². The van der Waals surface area contributed by atoms with Gasteiger partial charge in [-0.15, -0.1) is 0 Å². The van der Waals surface area contributed by atoms with E-state index in [1.807, 2.05) is 4.90 Å². The van der Waals surface area contributed by atoms with Gasteiger partial charge >= 0.3 is 6.18 Å². The van der Waals surface area contributed by atoms with Crippen LogP contribution in [-0.4, -0.2) is 48.9 Å². The molecule has 26 heavy (non-hydrogen) atoms. The second-order valence-electron chi connectivity index (χ2n) is 6.88. The molecule has 0 aromatic heterocycles. The van der Waals surface area contributed by atoms with Crippen LogP contribution in [0.1, 0.15) is 35.2 Å². The maximum Gasteiger partial charge on any atom is 0.416 e. The van der Waals surface area contributed by atoms with E-state index in [1.165, 1.54) is 12.1 Å². The zero-order valence-corrected chi connectivity index (χ0v) is 14.3. The van der Waals surface area contributed by atoms with Crippen LogP contribution in [0.5, 0.6) is 0 Å². The molecule has 2 saturated heterocycles. The van der Waals surface area contributed by atoms with Gasteiger partial charge in [0.05, 0.1) is 11.6 Å². The Kier molecular flexibility index (Phi) is 5.50. The summed E-state index contributed by atoms with van der Waals surface area (Å²) in [6, 6.07) is 4.13. The topological polar surface area (TPSA) is 61.4 Å². The average Bonchev–Trinajstić information content (AvgIpc) is 3.30. The minimum absolute atomic E-state index is 0.0181. The second-order valence-corrected chi connectivity index (χ2v) is 6.88. The summed E-state index contributed by atoms with van der Waals surface area (Å²) in [4.78, 5) is 26.3. The lowest BCUT2D eigenvalue weighted by Crippen LogP contribution is -2.42. The standard InChI is InChI=1S/C18H22F3N3O2/c19-18(20,21)14-5-3-4-13(9-14)16(25)23-11-12-8-15(22-10-12)17(26)24-6-1-2-7-24/h3-5,9,12,15,22H,1-2,6-8,10-11H2,(H,23,25). The van der Waals surface area contributed by atoms with Crippen molar-refractivity contribution in [2.75, 3.05) is 26.2 Å². The third-order valence-corrected chi connectivity index (χ3v) is 4.94. The lowest BCUT2D eigenvalue weighted by atomic mass is 10.0. The van der Waals surface area contributed by atoms with E-state index in [-0.39, 0.29) is 23.4 Å². The van der Waals surface area contributed by atoms with E-state index in [4.69, 9.17) is 0 Å². The van der Waals surface area contributed by atoms with Gasteiger partial charge in [-0.1, -0.05) is 6.07 Å². The van der Waals surface area contributed by atoms with E-state index in [0.29, 0.717) is 19.5 Å². The molecular formula is C18H22F3N3O2.